The number of likely N-dealkylation sites (N-methyl/N-ethyl adjacent to an activating group) is 1. The molecule has 0 aromatic carbocycles. The van der Waals surface area contributed by atoms with Gasteiger partial charge in [0, 0.05) is 19.4 Å². The summed E-state index contributed by atoms with van der Waals surface area (Å²) in [4.78, 5) is 20.8. The van der Waals surface area contributed by atoms with Crippen molar-refractivity contribution in [2.75, 3.05) is 7.05 Å². The Hall–Kier alpha value is -3.70. The Bertz CT molecular complexity index is 1200. The van der Waals surface area contributed by atoms with Crippen LogP contribution in [0, 0.1) is 6.92 Å². The highest BCUT2D eigenvalue weighted by Gasteiger charge is 2.28. The molecule has 1 N–H and O–H groups in total. The number of rotatable bonds is 4. The van der Waals surface area contributed by atoms with Gasteiger partial charge in [0.05, 0.1) is 13.0 Å². The van der Waals surface area contributed by atoms with Gasteiger partial charge in [-0.3, -0.25) is 4.79 Å². The van der Waals surface area contributed by atoms with Crippen LogP contribution in [-0.2, 0) is 24.2 Å². The van der Waals surface area contributed by atoms with Crippen molar-refractivity contribution in [2.45, 2.75) is 38.6 Å². The van der Waals surface area contributed by atoms with Crippen LogP contribution in [0.2, 0.25) is 0 Å². The molecular formula is C17H19N11O. The second kappa shape index (κ2) is 6.72. The van der Waals surface area contributed by atoms with Gasteiger partial charge in [0.25, 0.3) is 0 Å². The Kier molecular flexibility index (Phi) is 4.03. The van der Waals surface area contributed by atoms with E-state index in [9.17, 15) is 4.79 Å². The normalized spacial score (nSPS) is 16.1. The van der Waals surface area contributed by atoms with E-state index in [1.54, 1.807) is 22.6 Å². The predicted octanol–water partition coefficient (Wildman–Crippen LogP) is -0.377. The first kappa shape index (κ1) is 17.4. The topological polar surface area (TPSA) is 134 Å². The van der Waals surface area contributed by atoms with Gasteiger partial charge in [0.1, 0.15) is 18.0 Å². The molecule has 1 atom stereocenters. The third kappa shape index (κ3) is 3.02. The average Bonchev–Trinajstić information content (AvgIpc) is 3.45. The van der Waals surface area contributed by atoms with Crippen molar-refractivity contribution in [3.05, 3.63) is 41.8 Å². The summed E-state index contributed by atoms with van der Waals surface area (Å²) in [5.41, 5.74) is 0.656. The van der Waals surface area contributed by atoms with Crippen LogP contribution in [0.15, 0.2) is 18.5 Å². The molecule has 4 aromatic heterocycles. The lowest BCUT2D eigenvalue weighted by atomic mass is 9.99. The molecule has 1 aliphatic rings. The predicted molar refractivity (Wildman–Crippen MR) is 99.3 cm³/mol. The van der Waals surface area contributed by atoms with Crippen LogP contribution in [0.3, 0.4) is 0 Å². The minimum atomic E-state index is -0.144. The number of carbonyl (C=O) groups is 1. The molecule has 5 rings (SSSR count). The molecule has 12 nitrogen and oxygen atoms in total. The SMILES string of the molecule is CNC(=O)Cc1nc(C2CCc3ncnn3C2)n(-c2ccc3nnc(C)n3n2)n1. The number of carbonyl (C=O) groups excluding carboxylic acids is 1. The Labute approximate surface area is 165 Å². The maximum Gasteiger partial charge on any atom is 0.227 e. The molecule has 0 radical (unpaired) electrons. The quantitative estimate of drug-likeness (QED) is 0.496. The van der Waals surface area contributed by atoms with E-state index in [1.165, 1.54) is 0 Å². The highest BCUT2D eigenvalue weighted by molar-refractivity contribution is 5.77. The van der Waals surface area contributed by atoms with Gasteiger partial charge in [-0.2, -0.15) is 14.3 Å². The summed E-state index contributed by atoms with van der Waals surface area (Å²) in [6.07, 6.45) is 3.35. The fraction of sp³-hybridized carbons (Fsp3) is 0.412. The van der Waals surface area contributed by atoms with Crippen molar-refractivity contribution in [2.24, 2.45) is 0 Å². The van der Waals surface area contributed by atoms with E-state index < -0.39 is 0 Å². The molecule has 12 heteroatoms. The van der Waals surface area contributed by atoms with Gasteiger partial charge in [-0.05, 0) is 25.5 Å². The molecule has 0 bridgehead atoms. The summed E-state index contributed by atoms with van der Waals surface area (Å²) in [5.74, 6) is 3.38. The number of nitrogens with one attached hydrogen (secondary N) is 1. The lowest BCUT2D eigenvalue weighted by Crippen LogP contribution is -2.23. The zero-order valence-corrected chi connectivity index (χ0v) is 16.0. The van der Waals surface area contributed by atoms with E-state index in [-0.39, 0.29) is 18.2 Å². The van der Waals surface area contributed by atoms with E-state index >= 15 is 0 Å². The minimum absolute atomic E-state index is 0.0784. The Morgan fingerprint density at radius 1 is 1.28 bits per heavy atom. The van der Waals surface area contributed by atoms with Crippen LogP contribution in [0.5, 0.6) is 0 Å². The smallest absolute Gasteiger partial charge is 0.227 e. The van der Waals surface area contributed by atoms with Crippen molar-refractivity contribution < 1.29 is 4.79 Å². The van der Waals surface area contributed by atoms with Gasteiger partial charge in [-0.1, -0.05) is 0 Å². The highest BCUT2D eigenvalue weighted by Crippen LogP contribution is 2.28. The third-order valence-corrected chi connectivity index (χ3v) is 5.07. The van der Waals surface area contributed by atoms with Gasteiger partial charge in [0.15, 0.2) is 23.1 Å². The highest BCUT2D eigenvalue weighted by atomic mass is 16.1. The van der Waals surface area contributed by atoms with E-state index in [2.05, 4.69) is 35.8 Å². The number of nitrogens with zero attached hydrogens (tertiary/aromatic N) is 10. The number of fused-ring (bicyclic) bond motifs is 2. The Morgan fingerprint density at radius 2 is 2.17 bits per heavy atom. The first-order valence-electron chi connectivity index (χ1n) is 9.35. The van der Waals surface area contributed by atoms with Crippen molar-refractivity contribution in [3.63, 3.8) is 0 Å². The maximum absolute atomic E-state index is 11.9. The summed E-state index contributed by atoms with van der Waals surface area (Å²) >= 11 is 0. The van der Waals surface area contributed by atoms with Gasteiger partial charge in [-0.15, -0.1) is 20.4 Å². The second-order valence-corrected chi connectivity index (χ2v) is 6.95. The molecule has 148 valence electrons. The average molecular weight is 393 g/mol. The first-order chi connectivity index (χ1) is 14.1. The fourth-order valence-corrected chi connectivity index (χ4v) is 3.56. The molecular weight excluding hydrogens is 374 g/mol. The van der Waals surface area contributed by atoms with Crippen LogP contribution >= 0.6 is 0 Å². The van der Waals surface area contributed by atoms with E-state index in [0.29, 0.717) is 29.7 Å². The van der Waals surface area contributed by atoms with Crippen LogP contribution < -0.4 is 5.32 Å². The Morgan fingerprint density at radius 3 is 3.03 bits per heavy atom. The third-order valence-electron chi connectivity index (χ3n) is 5.07. The van der Waals surface area contributed by atoms with Gasteiger partial charge < -0.3 is 5.32 Å². The number of aryl methyl sites for hydroxylation is 2. The summed E-state index contributed by atoms with van der Waals surface area (Å²) in [6, 6.07) is 3.66. The molecule has 0 spiro atoms. The zero-order valence-electron chi connectivity index (χ0n) is 16.0. The fourth-order valence-electron chi connectivity index (χ4n) is 3.56. The van der Waals surface area contributed by atoms with E-state index in [4.69, 9.17) is 4.98 Å². The zero-order chi connectivity index (χ0) is 20.0. The van der Waals surface area contributed by atoms with Crippen molar-refractivity contribution in [1.29, 1.82) is 0 Å². The monoisotopic (exact) mass is 393 g/mol. The molecule has 0 fully saturated rings. The van der Waals surface area contributed by atoms with Crippen molar-refractivity contribution in [1.82, 2.24) is 54.7 Å². The van der Waals surface area contributed by atoms with Crippen LogP contribution in [0.1, 0.15) is 35.6 Å². The lowest BCUT2D eigenvalue weighted by molar-refractivity contribution is -0.120. The number of amides is 1. The van der Waals surface area contributed by atoms with Gasteiger partial charge >= 0.3 is 0 Å². The molecule has 0 saturated heterocycles. The standard InChI is InChI=1S/C17H19N11O/c1-10-22-23-14-5-6-15(25-27(10)14)28-17(21-12(24-28)7-16(29)18-2)11-3-4-13-19-9-20-26(13)8-11/h5-6,9,11H,3-4,7-8H2,1-2H3,(H,18,29). The minimum Gasteiger partial charge on any atom is -0.359 e. The maximum atomic E-state index is 11.9. The van der Waals surface area contributed by atoms with Crippen molar-refractivity contribution >= 4 is 11.6 Å². The summed E-state index contributed by atoms with van der Waals surface area (Å²) in [7, 11) is 1.60. The molecule has 0 aliphatic carbocycles. The summed E-state index contributed by atoms with van der Waals surface area (Å²) in [6.45, 7) is 2.49. The van der Waals surface area contributed by atoms with E-state index in [1.807, 2.05) is 23.7 Å². The Balaban J connectivity index is 1.58. The number of hydrogen-bond donors (Lipinski definition) is 1. The molecule has 5 heterocycles. The second-order valence-electron chi connectivity index (χ2n) is 6.95. The lowest BCUT2D eigenvalue weighted by Gasteiger charge is -2.21. The van der Waals surface area contributed by atoms with E-state index in [0.717, 1.165) is 24.5 Å². The molecule has 1 aliphatic heterocycles. The van der Waals surface area contributed by atoms with Crippen LogP contribution in [0.4, 0.5) is 0 Å². The van der Waals surface area contributed by atoms with Crippen LogP contribution in [0.25, 0.3) is 11.5 Å². The van der Waals surface area contributed by atoms with Gasteiger partial charge in [0.2, 0.25) is 5.91 Å². The molecule has 0 saturated carbocycles. The molecule has 1 amide bonds. The van der Waals surface area contributed by atoms with Crippen LogP contribution in [-0.4, -0.2) is 62.3 Å². The number of hydrogen-bond acceptors (Lipinski definition) is 8. The van der Waals surface area contributed by atoms with Gasteiger partial charge in [-0.25, -0.2) is 14.6 Å². The summed E-state index contributed by atoms with van der Waals surface area (Å²) < 4.78 is 5.27. The molecule has 1 unspecified atom stereocenters. The number of aromatic nitrogens is 10. The largest absolute Gasteiger partial charge is 0.359 e. The van der Waals surface area contributed by atoms with Crippen molar-refractivity contribution in [3.8, 4) is 5.82 Å². The molecule has 29 heavy (non-hydrogen) atoms. The molecule has 4 aromatic rings. The first-order valence-corrected chi connectivity index (χ1v) is 9.35. The summed E-state index contributed by atoms with van der Waals surface area (Å²) in [5, 5.41) is 24.2.